The van der Waals surface area contributed by atoms with Crippen LogP contribution in [0.1, 0.15) is 78.1 Å². The van der Waals surface area contributed by atoms with Gasteiger partial charge in [0.25, 0.3) is 0 Å². The molecule has 7 unspecified atom stereocenters. The molecule has 4 aliphatic heterocycles. The number of nitrogens with one attached hydrogen (secondary N) is 1. The van der Waals surface area contributed by atoms with Crippen molar-refractivity contribution in [3.8, 4) is 0 Å². The van der Waals surface area contributed by atoms with Crippen LogP contribution in [0.5, 0.6) is 0 Å². The molecule has 19 nitrogen and oxygen atoms in total. The van der Waals surface area contributed by atoms with E-state index in [2.05, 4.69) is 5.32 Å². The second-order valence-electron chi connectivity index (χ2n) is 18.4. The van der Waals surface area contributed by atoms with E-state index in [4.69, 9.17) is 29.4 Å². The fourth-order valence-electron chi connectivity index (χ4n) is 8.46. The maximum Gasteiger partial charge on any atom is 0.308 e. The van der Waals surface area contributed by atoms with Gasteiger partial charge in [-0.1, -0.05) is 92.0 Å². The van der Waals surface area contributed by atoms with Crippen LogP contribution in [0.25, 0.3) is 0 Å². The molecule has 0 aromatic heterocycles. The SMILES string of the molecule is C[C@H]1C[C@H](O)[C@@H](C)/C=C/C=C/C=C/C=C/C=C/C=C/C=C/C(O[C@@H]2OC[C@@H](O)[C@H](N)[C@@H]2O)C[C@@H]2OC(O)(CC(O)CC(O)C(O)CCC(O)CC(O)CC(=O)O1)C[C@H](O)[C@H]2C(=O)N[C@@H]1CCOC1. The number of aliphatic hydroxyl groups is 10. The normalized spacial score (nSPS) is 44.0. The maximum absolute atomic E-state index is 13.8. The van der Waals surface area contributed by atoms with Gasteiger partial charge in [-0.25, -0.2) is 0 Å². The van der Waals surface area contributed by atoms with Crippen LogP contribution in [0.4, 0.5) is 0 Å². The van der Waals surface area contributed by atoms with Gasteiger partial charge in [0.15, 0.2) is 12.1 Å². The summed E-state index contributed by atoms with van der Waals surface area (Å²) in [7, 11) is 0. The minimum Gasteiger partial charge on any atom is -0.462 e. The van der Waals surface area contributed by atoms with Gasteiger partial charge in [-0.2, -0.15) is 0 Å². The highest BCUT2D eigenvalue weighted by molar-refractivity contribution is 5.80. The summed E-state index contributed by atoms with van der Waals surface area (Å²) in [5.41, 5.74) is 6.01. The second kappa shape index (κ2) is 29.0. The molecule has 19 heteroatoms. The highest BCUT2D eigenvalue weighted by Gasteiger charge is 2.51. The Morgan fingerprint density at radius 2 is 1.32 bits per heavy atom. The van der Waals surface area contributed by atoms with E-state index in [0.717, 1.165) is 0 Å². The Labute approximate surface area is 398 Å². The summed E-state index contributed by atoms with van der Waals surface area (Å²) >= 11 is 0. The molecule has 0 saturated carbocycles. The van der Waals surface area contributed by atoms with Gasteiger partial charge in [-0.05, 0) is 32.6 Å². The van der Waals surface area contributed by atoms with E-state index in [1.807, 2.05) is 37.3 Å². The van der Waals surface area contributed by atoms with E-state index in [0.29, 0.717) is 13.0 Å². The second-order valence-corrected chi connectivity index (χ2v) is 18.4. The molecule has 68 heavy (non-hydrogen) atoms. The van der Waals surface area contributed by atoms with Gasteiger partial charge in [0.2, 0.25) is 5.91 Å². The Hall–Kier alpha value is -3.48. The number of allylic oxidation sites excluding steroid dienone is 12. The fraction of sp³-hybridized carbons (Fsp3) is 0.673. The lowest BCUT2D eigenvalue weighted by Crippen LogP contribution is -2.60. The van der Waals surface area contributed by atoms with Gasteiger partial charge in [-0.3, -0.25) is 9.59 Å². The average molecular weight is 965 g/mol. The van der Waals surface area contributed by atoms with E-state index in [1.54, 1.807) is 61.6 Å². The summed E-state index contributed by atoms with van der Waals surface area (Å²) in [6, 6.07) is -1.45. The molecule has 0 aromatic carbocycles. The molecule has 13 N–H and O–H groups in total. The number of aliphatic hydroxyl groups excluding tert-OH is 9. The monoisotopic (exact) mass is 965 g/mol. The Bertz CT molecular complexity index is 1730. The molecule has 384 valence electrons. The summed E-state index contributed by atoms with van der Waals surface area (Å²) < 4.78 is 28.8. The zero-order valence-corrected chi connectivity index (χ0v) is 39.0. The number of hydrogen-bond donors (Lipinski definition) is 12. The molecule has 3 saturated heterocycles. The Kier molecular flexibility index (Phi) is 24.4. The summed E-state index contributed by atoms with van der Waals surface area (Å²) in [5.74, 6) is -5.09. The molecule has 2 bridgehead atoms. The predicted octanol–water partition coefficient (Wildman–Crippen LogP) is -0.102. The van der Waals surface area contributed by atoms with Crippen LogP contribution in [0.2, 0.25) is 0 Å². The zero-order chi connectivity index (χ0) is 49.8. The lowest BCUT2D eigenvalue weighted by atomic mass is 9.82. The summed E-state index contributed by atoms with van der Waals surface area (Å²) in [5, 5.41) is 112. The van der Waals surface area contributed by atoms with Crippen molar-refractivity contribution in [3.63, 3.8) is 0 Å². The number of carbonyl (C=O) groups excluding carboxylic acids is 2. The van der Waals surface area contributed by atoms with Crippen LogP contribution >= 0.6 is 0 Å². The third-order valence-electron chi connectivity index (χ3n) is 12.3. The molecule has 4 heterocycles. The van der Waals surface area contributed by atoms with Crippen LogP contribution in [-0.2, 0) is 33.3 Å². The summed E-state index contributed by atoms with van der Waals surface area (Å²) in [4.78, 5) is 26.4. The van der Waals surface area contributed by atoms with Crippen molar-refractivity contribution in [2.75, 3.05) is 19.8 Å². The van der Waals surface area contributed by atoms with E-state index in [-0.39, 0.29) is 57.3 Å². The molecule has 18 atom stereocenters. The topological polar surface area (TPSA) is 321 Å². The number of cyclic esters (lactones) is 1. The number of esters is 1. The first-order valence-electron chi connectivity index (χ1n) is 23.6. The summed E-state index contributed by atoms with van der Waals surface area (Å²) in [6.07, 6.45) is 6.52. The molecular weight excluding hydrogens is 889 g/mol. The van der Waals surface area contributed by atoms with Gasteiger partial charge in [-0.15, -0.1) is 0 Å². The lowest BCUT2D eigenvalue weighted by Gasteiger charge is -2.46. The first-order chi connectivity index (χ1) is 32.3. The zero-order valence-electron chi connectivity index (χ0n) is 39.0. The quantitative estimate of drug-likeness (QED) is 0.164. The van der Waals surface area contributed by atoms with Gasteiger partial charge in [0.05, 0.1) is 98.7 Å². The molecule has 3 fully saturated rings. The maximum atomic E-state index is 13.8. The molecule has 4 rings (SSSR count). The smallest absolute Gasteiger partial charge is 0.308 e. The number of amides is 1. The largest absolute Gasteiger partial charge is 0.462 e. The van der Waals surface area contributed by atoms with Crippen molar-refractivity contribution in [1.82, 2.24) is 5.32 Å². The van der Waals surface area contributed by atoms with E-state index in [1.165, 1.54) is 0 Å². The number of rotatable bonds is 4. The van der Waals surface area contributed by atoms with Crippen molar-refractivity contribution in [2.45, 2.75) is 175 Å². The predicted molar refractivity (Wildman–Crippen MR) is 248 cm³/mol. The molecule has 0 radical (unpaired) electrons. The highest BCUT2D eigenvalue weighted by atomic mass is 16.7. The number of hydrogen-bond acceptors (Lipinski definition) is 18. The van der Waals surface area contributed by atoms with Crippen LogP contribution in [0.15, 0.2) is 85.1 Å². The molecule has 1 amide bonds. The standard InChI is InChI=1S/C49H76N2O17/c1-30-15-13-11-9-7-5-3-4-6-8-10-12-14-16-36(67-48-46(61)45(50)41(59)29-65-48)25-42-44(47(62)51-32-19-20-64-28-32)40(58)27-49(63,68-42)26-35(54)23-39(57)37(55)18-17-33(52)22-34(53)24-43(60)66-31(2)21-38(30)56/h3-16,30-42,44-46,48,52-59,61,63H,17-29,50H2,1-2H3,(H,51,62)/b4-3+,7-5+,8-6+,11-9+,12-10+,15-13+,16-14+/t30-,31-,32+,33?,34?,35?,36?,37?,38-,39?,40-,41+,42-,44+,45-,46-,48-,49?/m0/s1. The third-order valence-corrected chi connectivity index (χ3v) is 12.3. The van der Waals surface area contributed by atoms with Crippen molar-refractivity contribution >= 4 is 11.9 Å². The lowest BCUT2D eigenvalue weighted by molar-refractivity contribution is -0.304. The minimum absolute atomic E-state index is 0.0894. The van der Waals surface area contributed by atoms with Crippen LogP contribution < -0.4 is 11.1 Å². The third kappa shape index (κ3) is 19.7. The fourth-order valence-corrected chi connectivity index (χ4v) is 8.46. The average Bonchev–Trinajstić information content (AvgIpc) is 3.77. The van der Waals surface area contributed by atoms with Crippen molar-refractivity contribution in [3.05, 3.63) is 85.1 Å². The number of ether oxygens (including phenoxy) is 5. The van der Waals surface area contributed by atoms with Crippen LogP contribution in [0, 0.1) is 11.8 Å². The highest BCUT2D eigenvalue weighted by Crippen LogP contribution is 2.38. The van der Waals surface area contributed by atoms with Gasteiger partial charge >= 0.3 is 5.97 Å². The van der Waals surface area contributed by atoms with E-state index in [9.17, 15) is 60.7 Å². The number of carbonyl (C=O) groups is 2. The molecule has 0 aromatic rings. The van der Waals surface area contributed by atoms with Crippen molar-refractivity contribution in [1.29, 1.82) is 0 Å². The molecule has 0 spiro atoms. The number of fused-ring (bicyclic) bond motifs is 2. The van der Waals surface area contributed by atoms with E-state index < -0.39 is 135 Å². The Morgan fingerprint density at radius 3 is 1.96 bits per heavy atom. The van der Waals surface area contributed by atoms with Gasteiger partial charge < -0.3 is 85.8 Å². The van der Waals surface area contributed by atoms with Crippen LogP contribution in [0.3, 0.4) is 0 Å². The van der Waals surface area contributed by atoms with Gasteiger partial charge in [0, 0.05) is 44.6 Å². The number of nitrogens with two attached hydrogens (primary N) is 1. The molecule has 4 aliphatic rings. The van der Waals surface area contributed by atoms with Crippen molar-refractivity contribution in [2.24, 2.45) is 17.6 Å². The minimum atomic E-state index is -2.26. The Morgan fingerprint density at radius 1 is 0.691 bits per heavy atom. The molecular formula is C49H76N2O17. The summed E-state index contributed by atoms with van der Waals surface area (Å²) in [6.45, 7) is 3.90. The van der Waals surface area contributed by atoms with Crippen LogP contribution in [-0.4, -0.2) is 180 Å². The first-order valence-corrected chi connectivity index (χ1v) is 23.6. The van der Waals surface area contributed by atoms with Gasteiger partial charge in [0.1, 0.15) is 12.2 Å². The molecule has 0 aliphatic carbocycles. The Balaban J connectivity index is 1.57. The van der Waals surface area contributed by atoms with E-state index >= 15 is 0 Å². The van der Waals surface area contributed by atoms with Crippen molar-refractivity contribution < 1.29 is 84.3 Å². The first kappa shape index (κ1) is 57.1.